The summed E-state index contributed by atoms with van der Waals surface area (Å²) in [5.74, 6) is 0.00464. The Labute approximate surface area is 125 Å². The second-order valence-electron chi connectivity index (χ2n) is 4.33. The van der Waals surface area contributed by atoms with Gasteiger partial charge in [0.05, 0.1) is 11.9 Å². The number of rotatable bonds is 4. The van der Waals surface area contributed by atoms with Crippen molar-refractivity contribution in [1.82, 2.24) is 4.98 Å². The third-order valence-corrected chi connectivity index (χ3v) is 3.70. The lowest BCUT2D eigenvalue weighted by molar-refractivity contribution is 0.318. The molecule has 1 aromatic carbocycles. The molecule has 0 radical (unpaired) electrons. The monoisotopic (exact) mass is 334 g/mol. The first-order valence-electron chi connectivity index (χ1n) is 6.00. The topological polar surface area (TPSA) is 74.7 Å². The van der Waals surface area contributed by atoms with E-state index in [0.29, 0.717) is 5.69 Å². The van der Waals surface area contributed by atoms with Gasteiger partial charge in [0.25, 0.3) is 0 Å². The number of halogens is 1. The highest BCUT2D eigenvalue weighted by atomic mass is 79.9. The average Bonchev–Trinajstić information content (AvgIpc) is 2.49. The van der Waals surface area contributed by atoms with Crippen LogP contribution in [-0.2, 0) is 6.54 Å². The van der Waals surface area contributed by atoms with Crippen LogP contribution in [0.4, 0.5) is 5.69 Å². The molecule has 0 bridgehead atoms. The van der Waals surface area contributed by atoms with Crippen LogP contribution in [0.1, 0.15) is 11.3 Å². The van der Waals surface area contributed by atoms with E-state index < -0.39 is 0 Å². The van der Waals surface area contributed by atoms with Crippen molar-refractivity contribution in [3.05, 3.63) is 58.3 Å². The van der Waals surface area contributed by atoms with Crippen molar-refractivity contribution in [3.63, 3.8) is 0 Å². The lowest BCUT2D eigenvalue weighted by atomic mass is 10.2. The third-order valence-electron chi connectivity index (χ3n) is 2.92. The molecule has 3 N–H and O–H groups in total. The standard InChI is InChI=1S/C14H15BrN4O/c1-19(9-10-4-2-3-5-12(10)15)11-6-7-13(17-8-11)14(16)18-20/h2-8,20H,9H2,1H3,(H2,16,18). The molecular formula is C14H15BrN4O. The largest absolute Gasteiger partial charge is 0.409 e. The third kappa shape index (κ3) is 3.27. The van der Waals surface area contributed by atoms with Crippen LogP contribution in [0.15, 0.2) is 52.2 Å². The van der Waals surface area contributed by atoms with Crippen LogP contribution in [-0.4, -0.2) is 23.1 Å². The van der Waals surface area contributed by atoms with E-state index in [9.17, 15) is 0 Å². The Balaban J connectivity index is 2.14. The van der Waals surface area contributed by atoms with Crippen LogP contribution in [0.2, 0.25) is 0 Å². The summed E-state index contributed by atoms with van der Waals surface area (Å²) in [5, 5.41) is 11.5. The zero-order chi connectivity index (χ0) is 14.5. The summed E-state index contributed by atoms with van der Waals surface area (Å²) < 4.78 is 1.08. The number of benzene rings is 1. The molecule has 0 atom stereocenters. The van der Waals surface area contributed by atoms with E-state index in [1.54, 1.807) is 12.3 Å². The molecule has 0 aliphatic carbocycles. The normalized spacial score (nSPS) is 11.4. The fourth-order valence-corrected chi connectivity index (χ4v) is 2.20. The number of pyridine rings is 1. The second-order valence-corrected chi connectivity index (χ2v) is 5.19. The van der Waals surface area contributed by atoms with Crippen molar-refractivity contribution in [1.29, 1.82) is 0 Å². The molecule has 1 aromatic heterocycles. The molecule has 20 heavy (non-hydrogen) atoms. The van der Waals surface area contributed by atoms with Crippen LogP contribution in [0, 0.1) is 0 Å². The summed E-state index contributed by atoms with van der Waals surface area (Å²) >= 11 is 3.54. The van der Waals surface area contributed by atoms with Crippen molar-refractivity contribution in [2.45, 2.75) is 6.54 Å². The highest BCUT2D eigenvalue weighted by molar-refractivity contribution is 9.10. The minimum Gasteiger partial charge on any atom is -0.409 e. The molecule has 6 heteroatoms. The Kier molecular flexibility index (Phi) is 4.57. The van der Waals surface area contributed by atoms with Crippen LogP contribution in [0.25, 0.3) is 0 Å². The van der Waals surface area contributed by atoms with E-state index in [0.717, 1.165) is 16.7 Å². The maximum absolute atomic E-state index is 8.60. The summed E-state index contributed by atoms with van der Waals surface area (Å²) in [4.78, 5) is 6.24. The van der Waals surface area contributed by atoms with Crippen molar-refractivity contribution in [3.8, 4) is 0 Å². The number of oxime groups is 1. The number of amidine groups is 1. The van der Waals surface area contributed by atoms with Gasteiger partial charge in [-0.15, -0.1) is 0 Å². The summed E-state index contributed by atoms with van der Waals surface area (Å²) in [7, 11) is 1.99. The molecule has 0 aliphatic heterocycles. The van der Waals surface area contributed by atoms with E-state index in [2.05, 4.69) is 37.0 Å². The summed E-state index contributed by atoms with van der Waals surface area (Å²) in [6.45, 7) is 0.756. The first-order chi connectivity index (χ1) is 9.61. The lowest BCUT2D eigenvalue weighted by Crippen LogP contribution is -2.18. The lowest BCUT2D eigenvalue weighted by Gasteiger charge is -2.20. The van der Waals surface area contributed by atoms with Gasteiger partial charge in [0.15, 0.2) is 5.84 Å². The van der Waals surface area contributed by atoms with E-state index in [1.807, 2.05) is 31.3 Å². The molecule has 1 heterocycles. The van der Waals surface area contributed by atoms with Crippen molar-refractivity contribution in [2.24, 2.45) is 10.9 Å². The van der Waals surface area contributed by atoms with E-state index >= 15 is 0 Å². The highest BCUT2D eigenvalue weighted by Crippen LogP contribution is 2.20. The van der Waals surface area contributed by atoms with Crippen LogP contribution < -0.4 is 10.6 Å². The van der Waals surface area contributed by atoms with E-state index in [1.165, 1.54) is 5.56 Å². The predicted molar refractivity (Wildman–Crippen MR) is 83.0 cm³/mol. The van der Waals surface area contributed by atoms with Gasteiger partial charge in [-0.25, -0.2) is 0 Å². The number of nitrogens with two attached hydrogens (primary N) is 1. The molecule has 0 fully saturated rings. The molecule has 0 spiro atoms. The van der Waals surface area contributed by atoms with Gasteiger partial charge in [-0.2, -0.15) is 0 Å². The SMILES string of the molecule is CN(Cc1ccccc1Br)c1ccc(/C(N)=N/O)nc1. The Bertz CT molecular complexity index is 613. The maximum atomic E-state index is 8.60. The van der Waals surface area contributed by atoms with Gasteiger partial charge in [0.2, 0.25) is 0 Å². The smallest absolute Gasteiger partial charge is 0.188 e. The number of hydrogen-bond donors (Lipinski definition) is 2. The molecule has 0 aliphatic rings. The number of anilines is 1. The fraction of sp³-hybridized carbons (Fsp3) is 0.143. The van der Waals surface area contributed by atoms with Gasteiger partial charge in [-0.3, -0.25) is 4.98 Å². The van der Waals surface area contributed by atoms with Crippen molar-refractivity contribution in [2.75, 3.05) is 11.9 Å². The number of aromatic nitrogens is 1. The quantitative estimate of drug-likeness (QED) is 0.390. The van der Waals surface area contributed by atoms with E-state index in [4.69, 9.17) is 10.9 Å². The minimum absolute atomic E-state index is 0.00464. The Morgan fingerprint density at radius 3 is 2.70 bits per heavy atom. The molecular weight excluding hydrogens is 320 g/mol. The first-order valence-corrected chi connectivity index (χ1v) is 6.79. The van der Waals surface area contributed by atoms with Crippen LogP contribution >= 0.6 is 15.9 Å². The molecule has 0 saturated carbocycles. The van der Waals surface area contributed by atoms with Crippen molar-refractivity contribution >= 4 is 27.5 Å². The first kappa shape index (κ1) is 14.3. The zero-order valence-electron chi connectivity index (χ0n) is 11.0. The predicted octanol–water partition coefficient (Wildman–Crippen LogP) is 2.58. The Morgan fingerprint density at radius 2 is 2.10 bits per heavy atom. The molecule has 5 nitrogen and oxygen atoms in total. The molecule has 2 aromatic rings. The molecule has 104 valence electrons. The highest BCUT2D eigenvalue weighted by Gasteiger charge is 2.06. The second kappa shape index (κ2) is 6.38. The van der Waals surface area contributed by atoms with Gasteiger partial charge < -0.3 is 15.8 Å². The summed E-state index contributed by atoms with van der Waals surface area (Å²) in [5.41, 5.74) is 8.08. The minimum atomic E-state index is 0.00464. The summed E-state index contributed by atoms with van der Waals surface area (Å²) in [6.07, 6.45) is 1.70. The average molecular weight is 335 g/mol. The molecule has 0 unspecified atom stereocenters. The van der Waals surface area contributed by atoms with Crippen LogP contribution in [0.5, 0.6) is 0 Å². The van der Waals surface area contributed by atoms with Crippen LogP contribution in [0.3, 0.4) is 0 Å². The van der Waals surface area contributed by atoms with E-state index in [-0.39, 0.29) is 5.84 Å². The van der Waals surface area contributed by atoms with Gasteiger partial charge in [-0.1, -0.05) is 39.3 Å². The number of hydrogen-bond acceptors (Lipinski definition) is 4. The Hall–Kier alpha value is -2.08. The van der Waals surface area contributed by atoms with Gasteiger partial charge in [-0.05, 0) is 23.8 Å². The Morgan fingerprint density at radius 1 is 1.35 bits per heavy atom. The number of nitrogens with zero attached hydrogens (tertiary/aromatic N) is 3. The van der Waals surface area contributed by atoms with Gasteiger partial charge >= 0.3 is 0 Å². The van der Waals surface area contributed by atoms with Gasteiger partial charge in [0.1, 0.15) is 5.69 Å². The van der Waals surface area contributed by atoms with Gasteiger partial charge in [0, 0.05) is 18.1 Å². The fourth-order valence-electron chi connectivity index (χ4n) is 1.79. The maximum Gasteiger partial charge on any atom is 0.188 e. The molecule has 2 rings (SSSR count). The molecule has 0 amide bonds. The summed E-state index contributed by atoms with van der Waals surface area (Å²) in [6, 6.07) is 11.7. The zero-order valence-corrected chi connectivity index (χ0v) is 12.6. The molecule has 0 saturated heterocycles. The van der Waals surface area contributed by atoms with Crippen molar-refractivity contribution < 1.29 is 5.21 Å².